The highest BCUT2D eigenvalue weighted by Gasteiger charge is 2.19. The molecule has 2 aromatic heterocycles. The first-order valence-corrected chi connectivity index (χ1v) is 8.74. The molecule has 2 heterocycles. The molecule has 1 unspecified atom stereocenters. The molecule has 0 aliphatic rings. The number of carbonyl (C=O) groups is 1. The summed E-state index contributed by atoms with van der Waals surface area (Å²) in [5, 5.41) is 8.90. The lowest BCUT2D eigenvalue weighted by Crippen LogP contribution is -2.34. The second-order valence-electron chi connectivity index (χ2n) is 6.52. The predicted molar refractivity (Wildman–Crippen MR) is 103 cm³/mol. The van der Waals surface area contributed by atoms with E-state index in [9.17, 15) is 4.79 Å². The molecule has 1 amide bonds. The van der Waals surface area contributed by atoms with E-state index in [0.717, 1.165) is 22.3 Å². The molecule has 0 aliphatic heterocycles. The summed E-state index contributed by atoms with van der Waals surface area (Å²) in [7, 11) is 5.77. The van der Waals surface area contributed by atoms with E-state index in [1.165, 1.54) is 0 Å². The zero-order chi connectivity index (χ0) is 18.8. The van der Waals surface area contributed by atoms with Gasteiger partial charge in [-0.3, -0.25) is 9.48 Å². The molecule has 0 spiro atoms. The van der Waals surface area contributed by atoms with Crippen molar-refractivity contribution < 1.29 is 4.79 Å². The average Bonchev–Trinajstić information content (AvgIpc) is 2.90. The highest BCUT2D eigenvalue weighted by atomic mass is 35.5. The Hall–Kier alpha value is -2.44. The Morgan fingerprint density at radius 2 is 2.08 bits per heavy atom. The summed E-state index contributed by atoms with van der Waals surface area (Å²) in [6.07, 6.45) is 1.58. The van der Waals surface area contributed by atoms with Gasteiger partial charge in [-0.1, -0.05) is 29.8 Å². The lowest BCUT2D eigenvalue weighted by atomic mass is 10.1. The van der Waals surface area contributed by atoms with Crippen LogP contribution in [-0.4, -0.2) is 46.2 Å². The molecule has 1 N–H and O–H groups in total. The van der Waals surface area contributed by atoms with Gasteiger partial charge < -0.3 is 10.2 Å². The summed E-state index contributed by atoms with van der Waals surface area (Å²) in [6, 6.07) is 9.49. The molecule has 6 nitrogen and oxygen atoms in total. The molecular formula is C19H22ClN5O. The van der Waals surface area contributed by atoms with Crippen molar-refractivity contribution in [2.24, 2.45) is 7.05 Å². The van der Waals surface area contributed by atoms with Crippen molar-refractivity contribution in [2.75, 3.05) is 20.6 Å². The van der Waals surface area contributed by atoms with Crippen molar-refractivity contribution in [1.82, 2.24) is 25.0 Å². The lowest BCUT2D eigenvalue weighted by Gasteiger charge is -2.26. The average molecular weight is 372 g/mol. The minimum Gasteiger partial charge on any atom is -0.350 e. The molecule has 26 heavy (non-hydrogen) atoms. The van der Waals surface area contributed by atoms with Crippen LogP contribution in [0.4, 0.5) is 0 Å². The highest BCUT2D eigenvalue weighted by molar-refractivity contribution is 6.31. The van der Waals surface area contributed by atoms with Crippen molar-refractivity contribution in [1.29, 1.82) is 0 Å². The lowest BCUT2D eigenvalue weighted by molar-refractivity contribution is 0.0941. The van der Waals surface area contributed by atoms with Gasteiger partial charge in [0.15, 0.2) is 5.65 Å². The molecule has 136 valence electrons. The Kier molecular flexibility index (Phi) is 5.25. The Morgan fingerprint density at radius 1 is 1.35 bits per heavy atom. The van der Waals surface area contributed by atoms with Crippen LogP contribution in [0.1, 0.15) is 27.7 Å². The molecule has 0 aliphatic carbocycles. The minimum absolute atomic E-state index is 0.0236. The van der Waals surface area contributed by atoms with Gasteiger partial charge in [0.05, 0.1) is 17.3 Å². The summed E-state index contributed by atoms with van der Waals surface area (Å²) >= 11 is 6.32. The van der Waals surface area contributed by atoms with Crippen LogP contribution in [0.5, 0.6) is 0 Å². The molecule has 0 bridgehead atoms. The summed E-state index contributed by atoms with van der Waals surface area (Å²) in [4.78, 5) is 19.0. The molecule has 0 saturated heterocycles. The first-order chi connectivity index (χ1) is 12.4. The number of aryl methyl sites for hydroxylation is 2. The minimum atomic E-state index is -0.165. The molecule has 0 radical (unpaired) electrons. The molecule has 0 fully saturated rings. The summed E-state index contributed by atoms with van der Waals surface area (Å²) in [5.74, 6) is -0.165. The van der Waals surface area contributed by atoms with Gasteiger partial charge in [-0.25, -0.2) is 4.98 Å². The Morgan fingerprint density at radius 3 is 2.77 bits per heavy atom. The number of hydrogen-bond donors (Lipinski definition) is 1. The first kappa shape index (κ1) is 18.4. The number of likely N-dealkylation sites (N-methyl/N-ethyl adjacent to an activating group) is 1. The van der Waals surface area contributed by atoms with Crippen LogP contribution in [0.15, 0.2) is 36.5 Å². The van der Waals surface area contributed by atoms with Crippen molar-refractivity contribution in [3.05, 3.63) is 58.4 Å². The number of amides is 1. The number of nitrogens with zero attached hydrogens (tertiary/aromatic N) is 4. The number of fused-ring (bicyclic) bond motifs is 1. The summed E-state index contributed by atoms with van der Waals surface area (Å²) in [5.41, 5.74) is 3.12. The van der Waals surface area contributed by atoms with E-state index in [2.05, 4.69) is 15.4 Å². The van der Waals surface area contributed by atoms with Gasteiger partial charge in [0.25, 0.3) is 5.91 Å². The number of aromatic nitrogens is 3. The third-order valence-corrected chi connectivity index (χ3v) is 4.81. The largest absolute Gasteiger partial charge is 0.350 e. The van der Waals surface area contributed by atoms with E-state index in [0.29, 0.717) is 17.1 Å². The van der Waals surface area contributed by atoms with E-state index in [1.807, 2.05) is 63.3 Å². The molecule has 7 heteroatoms. The molecular weight excluding hydrogens is 350 g/mol. The number of rotatable bonds is 5. The number of benzene rings is 1. The van der Waals surface area contributed by atoms with Gasteiger partial charge in [0.1, 0.15) is 0 Å². The quantitative estimate of drug-likeness (QED) is 0.749. The van der Waals surface area contributed by atoms with Gasteiger partial charge in [-0.15, -0.1) is 0 Å². The van der Waals surface area contributed by atoms with Gasteiger partial charge in [-0.05, 0) is 38.7 Å². The fourth-order valence-electron chi connectivity index (χ4n) is 3.04. The van der Waals surface area contributed by atoms with E-state index in [-0.39, 0.29) is 11.9 Å². The standard InChI is InChI=1S/C19H22ClN5O/c1-12-15-9-13(10-21-18(15)25(4)23-12)19(26)22-11-17(24(2)3)14-7-5-6-8-16(14)20/h5-10,17H,11H2,1-4H3,(H,22,26). The fraction of sp³-hybridized carbons (Fsp3) is 0.316. The van der Waals surface area contributed by atoms with Gasteiger partial charge >= 0.3 is 0 Å². The number of pyridine rings is 1. The van der Waals surface area contributed by atoms with Crippen LogP contribution in [0.25, 0.3) is 11.0 Å². The number of hydrogen-bond acceptors (Lipinski definition) is 4. The Balaban J connectivity index is 1.79. The van der Waals surface area contributed by atoms with Gasteiger partial charge in [0.2, 0.25) is 0 Å². The van der Waals surface area contributed by atoms with Gasteiger partial charge in [0, 0.05) is 30.2 Å². The van der Waals surface area contributed by atoms with Gasteiger partial charge in [-0.2, -0.15) is 5.10 Å². The normalized spacial score (nSPS) is 12.5. The van der Waals surface area contributed by atoms with Crippen LogP contribution in [0, 0.1) is 6.92 Å². The maximum atomic E-state index is 12.6. The second kappa shape index (κ2) is 7.43. The van der Waals surface area contributed by atoms with E-state index in [4.69, 9.17) is 11.6 Å². The summed E-state index contributed by atoms with van der Waals surface area (Å²) in [6.45, 7) is 2.35. The Bertz CT molecular complexity index is 950. The van der Waals surface area contributed by atoms with E-state index >= 15 is 0 Å². The van der Waals surface area contributed by atoms with E-state index < -0.39 is 0 Å². The SMILES string of the molecule is Cc1nn(C)c2ncc(C(=O)NCC(c3ccccc3Cl)N(C)C)cc12. The van der Waals surface area contributed by atoms with Crippen LogP contribution < -0.4 is 5.32 Å². The second-order valence-corrected chi connectivity index (χ2v) is 6.92. The number of nitrogens with one attached hydrogen (secondary N) is 1. The monoisotopic (exact) mass is 371 g/mol. The van der Waals surface area contributed by atoms with Crippen molar-refractivity contribution >= 4 is 28.5 Å². The van der Waals surface area contributed by atoms with Crippen molar-refractivity contribution in [2.45, 2.75) is 13.0 Å². The van der Waals surface area contributed by atoms with Crippen molar-refractivity contribution in [3.63, 3.8) is 0 Å². The first-order valence-electron chi connectivity index (χ1n) is 8.37. The maximum Gasteiger partial charge on any atom is 0.252 e. The topological polar surface area (TPSA) is 63.1 Å². The summed E-state index contributed by atoms with van der Waals surface area (Å²) < 4.78 is 1.71. The fourth-order valence-corrected chi connectivity index (χ4v) is 3.30. The van der Waals surface area contributed by atoms with Crippen LogP contribution in [-0.2, 0) is 7.05 Å². The molecule has 3 rings (SSSR count). The van der Waals surface area contributed by atoms with Crippen LogP contribution >= 0.6 is 11.6 Å². The van der Waals surface area contributed by atoms with Crippen molar-refractivity contribution in [3.8, 4) is 0 Å². The van der Waals surface area contributed by atoms with Crippen LogP contribution in [0.2, 0.25) is 5.02 Å². The third-order valence-electron chi connectivity index (χ3n) is 4.47. The molecule has 1 atom stereocenters. The zero-order valence-corrected chi connectivity index (χ0v) is 16.1. The molecule has 1 aromatic carbocycles. The Labute approximate surface area is 157 Å². The van der Waals surface area contributed by atoms with Crippen LogP contribution in [0.3, 0.4) is 0 Å². The molecule has 3 aromatic rings. The number of halogens is 1. The zero-order valence-electron chi connectivity index (χ0n) is 15.3. The third kappa shape index (κ3) is 3.57. The van der Waals surface area contributed by atoms with E-state index in [1.54, 1.807) is 10.9 Å². The smallest absolute Gasteiger partial charge is 0.252 e. The highest BCUT2D eigenvalue weighted by Crippen LogP contribution is 2.25. The maximum absolute atomic E-state index is 12.6. The number of carbonyl (C=O) groups excluding carboxylic acids is 1. The molecule has 0 saturated carbocycles. The predicted octanol–water partition coefficient (Wildman–Crippen LogP) is 2.96.